The number of benzene rings is 1. The van der Waals surface area contributed by atoms with Gasteiger partial charge in [-0.1, -0.05) is 31.5 Å². The van der Waals surface area contributed by atoms with Gasteiger partial charge in [0.2, 0.25) is 11.8 Å². The molecule has 1 aliphatic heterocycles. The van der Waals surface area contributed by atoms with E-state index in [1.54, 1.807) is 24.3 Å². The number of nitrogens with one attached hydrogen (secondary N) is 1. The van der Waals surface area contributed by atoms with Gasteiger partial charge in [-0.05, 0) is 18.6 Å². The number of hydrogen-bond donors (Lipinski definition) is 3. The summed E-state index contributed by atoms with van der Waals surface area (Å²) < 4.78 is 45.9. The third-order valence-corrected chi connectivity index (χ3v) is 5.65. The van der Waals surface area contributed by atoms with E-state index < -0.39 is 48.7 Å². The van der Waals surface area contributed by atoms with Crippen molar-refractivity contribution in [2.45, 2.75) is 56.5 Å². The number of nitrogens with zero attached hydrogens (tertiary/aromatic N) is 1. The summed E-state index contributed by atoms with van der Waals surface area (Å²) >= 11 is 0. The van der Waals surface area contributed by atoms with Crippen LogP contribution in [0.5, 0.6) is 5.75 Å². The third kappa shape index (κ3) is 5.07. The lowest BCUT2D eigenvalue weighted by molar-refractivity contribution is -0.170. The molecule has 3 N–H and O–H groups in total. The van der Waals surface area contributed by atoms with E-state index >= 15 is 0 Å². The van der Waals surface area contributed by atoms with Crippen LogP contribution in [0, 0.1) is 0 Å². The number of fused-ring (bicyclic) bond motifs is 3. The molecule has 4 atom stereocenters. The lowest BCUT2D eigenvalue weighted by Crippen LogP contribution is -2.57. The van der Waals surface area contributed by atoms with Crippen molar-refractivity contribution >= 4 is 11.8 Å². The van der Waals surface area contributed by atoms with Gasteiger partial charge >= 0.3 is 6.18 Å². The summed E-state index contributed by atoms with van der Waals surface area (Å²) in [4.78, 5) is 26.1. The van der Waals surface area contributed by atoms with Crippen LogP contribution < -0.4 is 10.1 Å². The minimum absolute atomic E-state index is 0.0506. The van der Waals surface area contributed by atoms with Gasteiger partial charge < -0.3 is 25.2 Å². The summed E-state index contributed by atoms with van der Waals surface area (Å²) in [5, 5.41) is 22.6. The van der Waals surface area contributed by atoms with Crippen LogP contribution in [0.1, 0.15) is 37.7 Å². The number of para-hydroxylation sites is 1. The molecule has 0 spiro atoms. The van der Waals surface area contributed by atoms with Crippen LogP contribution in [0.3, 0.4) is 0 Å². The first-order valence-electron chi connectivity index (χ1n) is 10.6. The van der Waals surface area contributed by atoms with Crippen molar-refractivity contribution in [3.05, 3.63) is 41.5 Å². The van der Waals surface area contributed by atoms with Gasteiger partial charge in [-0.3, -0.25) is 9.59 Å². The van der Waals surface area contributed by atoms with Gasteiger partial charge in [0.25, 0.3) is 0 Å². The maximum Gasteiger partial charge on any atom is 0.406 e. The summed E-state index contributed by atoms with van der Waals surface area (Å²) in [6.07, 6.45) is -5.05. The number of unbranched alkanes of at least 4 members (excludes halogenated alkanes) is 1. The molecule has 0 radical (unpaired) electrons. The quantitative estimate of drug-likeness (QED) is 0.555. The van der Waals surface area contributed by atoms with E-state index in [-0.39, 0.29) is 25.1 Å². The Bertz CT molecular complexity index is 873. The maximum absolute atomic E-state index is 13.3. The van der Waals surface area contributed by atoms with E-state index in [2.05, 4.69) is 5.32 Å². The van der Waals surface area contributed by atoms with E-state index in [1.165, 1.54) is 6.08 Å². The van der Waals surface area contributed by atoms with Crippen LogP contribution in [-0.2, 0) is 9.59 Å². The van der Waals surface area contributed by atoms with Crippen molar-refractivity contribution in [1.29, 1.82) is 0 Å². The van der Waals surface area contributed by atoms with Crippen molar-refractivity contribution in [2.24, 2.45) is 0 Å². The van der Waals surface area contributed by atoms with Crippen LogP contribution in [-0.4, -0.2) is 71.0 Å². The molecule has 1 aliphatic carbocycles. The Morgan fingerprint density at radius 2 is 1.97 bits per heavy atom. The second kappa shape index (κ2) is 9.91. The normalized spacial score (nSPS) is 24.1. The number of rotatable bonds is 8. The van der Waals surface area contributed by atoms with Crippen molar-refractivity contribution in [3.63, 3.8) is 0 Å². The largest absolute Gasteiger partial charge is 0.486 e. The van der Waals surface area contributed by atoms with E-state index in [0.717, 1.165) is 0 Å². The number of carbonyl (C=O) groups excluding carboxylic acids is 2. The molecule has 0 saturated carbocycles. The highest BCUT2D eigenvalue weighted by atomic mass is 19.4. The molecule has 0 fully saturated rings. The van der Waals surface area contributed by atoms with Crippen molar-refractivity contribution < 1.29 is 37.7 Å². The Hall–Kier alpha value is -2.59. The molecule has 2 amide bonds. The molecular weight excluding hydrogens is 429 g/mol. The van der Waals surface area contributed by atoms with Gasteiger partial charge in [-0.2, -0.15) is 13.2 Å². The zero-order chi connectivity index (χ0) is 23.5. The summed E-state index contributed by atoms with van der Waals surface area (Å²) in [7, 11) is 0. The molecular formula is C22H27F3N2O5. The van der Waals surface area contributed by atoms with Crippen LogP contribution >= 0.6 is 0 Å². The number of carbonyl (C=O) groups is 2. The fourth-order valence-corrected chi connectivity index (χ4v) is 4.22. The zero-order valence-corrected chi connectivity index (χ0v) is 17.6. The van der Waals surface area contributed by atoms with Crippen molar-refractivity contribution in [2.75, 3.05) is 19.7 Å². The van der Waals surface area contributed by atoms with E-state index in [4.69, 9.17) is 9.84 Å². The number of alkyl halides is 3. The van der Waals surface area contributed by atoms with Crippen molar-refractivity contribution in [1.82, 2.24) is 10.2 Å². The zero-order valence-electron chi connectivity index (χ0n) is 17.6. The second-order valence-electron chi connectivity index (χ2n) is 7.92. The fraction of sp³-hybridized carbons (Fsp3) is 0.545. The standard InChI is InChI=1S/C22H27F3N2O5/c1-2-3-8-17(29)27(12-22(23,24)25)15-11-14(21(31)26-9-10-28)18-13-6-4-5-7-16(13)32-20(18)19(15)30/h4-7,11,15,18-20,28,30H,2-3,8-10,12H2,1H3,(H,26,31). The van der Waals surface area contributed by atoms with Crippen LogP contribution in [0.2, 0.25) is 0 Å². The number of aliphatic hydroxyl groups is 2. The Morgan fingerprint density at radius 1 is 1.25 bits per heavy atom. The van der Waals surface area contributed by atoms with Gasteiger partial charge in [0.15, 0.2) is 0 Å². The van der Waals surface area contributed by atoms with Crippen LogP contribution in [0.25, 0.3) is 0 Å². The third-order valence-electron chi connectivity index (χ3n) is 5.65. The summed E-state index contributed by atoms with van der Waals surface area (Å²) in [6, 6.07) is 5.42. The number of amides is 2. The average Bonchev–Trinajstić information content (AvgIpc) is 3.14. The lowest BCUT2D eigenvalue weighted by Gasteiger charge is -2.41. The summed E-state index contributed by atoms with van der Waals surface area (Å²) in [6.45, 7) is -0.106. The number of hydrogen-bond acceptors (Lipinski definition) is 5. The molecule has 4 unspecified atom stereocenters. The first kappa shape index (κ1) is 24.1. The van der Waals surface area contributed by atoms with Gasteiger partial charge in [0, 0.05) is 24.1 Å². The molecule has 0 bridgehead atoms. The Kier molecular flexibility index (Phi) is 7.45. The molecule has 7 nitrogen and oxygen atoms in total. The number of ether oxygens (including phenoxy) is 1. The molecule has 176 valence electrons. The summed E-state index contributed by atoms with van der Waals surface area (Å²) in [5.74, 6) is -1.65. The van der Waals surface area contributed by atoms with E-state index in [9.17, 15) is 27.9 Å². The number of halogens is 3. The molecule has 0 saturated heterocycles. The molecule has 2 aliphatic rings. The number of aliphatic hydroxyl groups excluding tert-OH is 2. The second-order valence-corrected chi connectivity index (χ2v) is 7.92. The smallest absolute Gasteiger partial charge is 0.406 e. The first-order valence-corrected chi connectivity index (χ1v) is 10.6. The highest BCUT2D eigenvalue weighted by molar-refractivity contribution is 5.96. The molecule has 1 aromatic carbocycles. The predicted molar refractivity (Wildman–Crippen MR) is 109 cm³/mol. The van der Waals surface area contributed by atoms with Gasteiger partial charge in [0.1, 0.15) is 24.5 Å². The van der Waals surface area contributed by atoms with Gasteiger partial charge in [0.05, 0.1) is 18.6 Å². The van der Waals surface area contributed by atoms with E-state index in [0.29, 0.717) is 29.1 Å². The van der Waals surface area contributed by atoms with Crippen LogP contribution in [0.15, 0.2) is 35.9 Å². The topological polar surface area (TPSA) is 99.1 Å². The highest BCUT2D eigenvalue weighted by Gasteiger charge is 2.51. The van der Waals surface area contributed by atoms with Gasteiger partial charge in [-0.25, -0.2) is 0 Å². The minimum Gasteiger partial charge on any atom is -0.486 e. The Balaban J connectivity index is 2.03. The highest BCUT2D eigenvalue weighted by Crippen LogP contribution is 2.47. The SMILES string of the molecule is CCCCC(=O)N(CC(F)(F)F)C1C=C(C(=O)NCCO)C2c3ccccc3OC2C1O. The molecule has 1 heterocycles. The predicted octanol–water partition coefficient (Wildman–Crippen LogP) is 1.89. The van der Waals surface area contributed by atoms with Crippen LogP contribution in [0.4, 0.5) is 13.2 Å². The molecule has 1 aromatic rings. The molecule has 10 heteroatoms. The Labute approximate surface area is 183 Å². The average molecular weight is 456 g/mol. The lowest BCUT2D eigenvalue weighted by atomic mass is 9.77. The molecule has 32 heavy (non-hydrogen) atoms. The first-order chi connectivity index (χ1) is 15.2. The van der Waals surface area contributed by atoms with E-state index in [1.807, 2.05) is 6.92 Å². The van der Waals surface area contributed by atoms with Gasteiger partial charge in [-0.15, -0.1) is 0 Å². The maximum atomic E-state index is 13.3. The fourth-order valence-electron chi connectivity index (χ4n) is 4.22. The Morgan fingerprint density at radius 3 is 2.62 bits per heavy atom. The molecule has 0 aromatic heterocycles. The van der Waals surface area contributed by atoms with Crippen molar-refractivity contribution in [3.8, 4) is 5.75 Å². The summed E-state index contributed by atoms with van der Waals surface area (Å²) in [5.41, 5.74) is 0.722. The molecule has 3 rings (SSSR count). The monoisotopic (exact) mass is 456 g/mol. The minimum atomic E-state index is -4.69.